The molecule has 6 heteroatoms. The van der Waals surface area contributed by atoms with Crippen molar-refractivity contribution in [2.24, 2.45) is 0 Å². The molecule has 3 rings (SSSR count). The van der Waals surface area contributed by atoms with Crippen LogP contribution in [0.2, 0.25) is 5.02 Å². The molecule has 0 aromatic heterocycles. The molecule has 0 radical (unpaired) electrons. The molecular formula is C23H19ClF4O. The van der Waals surface area contributed by atoms with Crippen molar-refractivity contribution < 1.29 is 22.3 Å². The van der Waals surface area contributed by atoms with Crippen molar-refractivity contribution in [3.05, 3.63) is 106 Å². The second-order valence-corrected chi connectivity index (χ2v) is 7.19. The Morgan fingerprint density at radius 2 is 1.55 bits per heavy atom. The van der Waals surface area contributed by atoms with E-state index in [0.717, 1.165) is 5.56 Å². The Hall–Kier alpha value is -2.37. The van der Waals surface area contributed by atoms with Gasteiger partial charge < -0.3 is 4.74 Å². The zero-order valence-corrected chi connectivity index (χ0v) is 16.2. The van der Waals surface area contributed by atoms with Gasteiger partial charge in [-0.15, -0.1) is 0 Å². The summed E-state index contributed by atoms with van der Waals surface area (Å²) in [5.41, 5.74) is 2.13. The zero-order valence-electron chi connectivity index (χ0n) is 15.4. The van der Waals surface area contributed by atoms with E-state index in [1.807, 2.05) is 30.3 Å². The van der Waals surface area contributed by atoms with Crippen molar-refractivity contribution in [1.82, 2.24) is 0 Å². The van der Waals surface area contributed by atoms with E-state index in [-0.39, 0.29) is 18.0 Å². The highest BCUT2D eigenvalue weighted by Crippen LogP contribution is 2.35. The molecule has 0 heterocycles. The van der Waals surface area contributed by atoms with Crippen LogP contribution in [-0.2, 0) is 17.8 Å². The fourth-order valence-electron chi connectivity index (χ4n) is 3.04. The van der Waals surface area contributed by atoms with Crippen LogP contribution in [0.5, 0.6) is 0 Å². The van der Waals surface area contributed by atoms with E-state index < -0.39 is 18.7 Å². The quantitative estimate of drug-likeness (QED) is 0.375. The average molecular weight is 423 g/mol. The lowest BCUT2D eigenvalue weighted by Crippen LogP contribution is -2.25. The normalized spacial score (nSPS) is 12.7. The molecule has 29 heavy (non-hydrogen) atoms. The van der Waals surface area contributed by atoms with Gasteiger partial charge in [0.15, 0.2) is 0 Å². The van der Waals surface area contributed by atoms with Crippen molar-refractivity contribution in [1.29, 1.82) is 0 Å². The fraction of sp³-hybridized carbons (Fsp3) is 0.217. The molecule has 152 valence electrons. The molecular weight excluding hydrogens is 404 g/mol. The lowest BCUT2D eigenvalue weighted by Gasteiger charge is -2.21. The monoisotopic (exact) mass is 422 g/mol. The maximum Gasteiger partial charge on any atom is 0.397 e. The summed E-state index contributed by atoms with van der Waals surface area (Å²) < 4.78 is 59.8. The molecule has 0 fully saturated rings. The van der Waals surface area contributed by atoms with E-state index in [1.54, 1.807) is 6.07 Å². The molecule has 1 unspecified atom stereocenters. The molecule has 0 N–H and O–H groups in total. The first-order chi connectivity index (χ1) is 13.8. The van der Waals surface area contributed by atoms with Gasteiger partial charge in [0.1, 0.15) is 11.7 Å². The minimum Gasteiger partial charge on any atom is -0.376 e. The van der Waals surface area contributed by atoms with Crippen LogP contribution in [-0.4, -0.2) is 12.8 Å². The highest BCUT2D eigenvalue weighted by atomic mass is 35.5. The third kappa shape index (κ3) is 6.05. The first-order valence-corrected chi connectivity index (χ1v) is 9.42. The molecule has 1 nitrogen and oxygen atoms in total. The smallest absolute Gasteiger partial charge is 0.376 e. The molecule has 3 aromatic rings. The number of halogens is 5. The number of rotatable bonds is 7. The van der Waals surface area contributed by atoms with E-state index >= 15 is 0 Å². The molecule has 0 spiro atoms. The average Bonchev–Trinajstić information content (AvgIpc) is 2.68. The summed E-state index contributed by atoms with van der Waals surface area (Å²) in [6, 6.07) is 19.4. The minimum atomic E-state index is -4.45. The maximum atomic E-state index is 14.1. The van der Waals surface area contributed by atoms with E-state index in [0.29, 0.717) is 22.6 Å². The fourth-order valence-corrected chi connectivity index (χ4v) is 3.16. The lowest BCUT2D eigenvalue weighted by atomic mass is 9.99. The van der Waals surface area contributed by atoms with Crippen molar-refractivity contribution in [2.75, 3.05) is 6.61 Å². The lowest BCUT2D eigenvalue weighted by molar-refractivity contribution is -0.163. The Labute approximate surface area is 171 Å². The van der Waals surface area contributed by atoms with Gasteiger partial charge in [0.05, 0.1) is 13.2 Å². The van der Waals surface area contributed by atoms with Gasteiger partial charge in [0.25, 0.3) is 0 Å². The molecule has 3 aromatic carbocycles. The Kier molecular flexibility index (Phi) is 6.93. The molecule has 0 aliphatic carbocycles. The largest absolute Gasteiger partial charge is 0.397 e. The van der Waals surface area contributed by atoms with Crippen molar-refractivity contribution in [3.8, 4) is 0 Å². The number of alkyl halides is 3. The van der Waals surface area contributed by atoms with Crippen LogP contribution in [0.4, 0.5) is 17.6 Å². The zero-order chi connectivity index (χ0) is 20.9. The van der Waals surface area contributed by atoms with Gasteiger partial charge in [-0.2, -0.15) is 13.2 Å². The molecule has 1 atom stereocenters. The van der Waals surface area contributed by atoms with E-state index in [9.17, 15) is 17.6 Å². The van der Waals surface area contributed by atoms with Gasteiger partial charge in [-0.3, -0.25) is 0 Å². The first kappa shape index (κ1) is 21.3. The number of benzene rings is 3. The molecule has 0 bridgehead atoms. The summed E-state index contributed by atoms with van der Waals surface area (Å²) in [5.74, 6) is -2.11. The van der Waals surface area contributed by atoms with Crippen molar-refractivity contribution >= 4 is 11.6 Å². The standard InChI is InChI=1S/C23H19ClF4O/c24-20-9-7-18(8-10-20)21(23(26,27)28)15-29-14-17-6-11-22(25)19(13-17)12-16-4-2-1-3-5-16/h1-11,13,21H,12,14-15H2. The van der Waals surface area contributed by atoms with Crippen LogP contribution >= 0.6 is 11.6 Å². The summed E-state index contributed by atoms with van der Waals surface area (Å²) in [7, 11) is 0. The van der Waals surface area contributed by atoms with Gasteiger partial charge in [-0.1, -0.05) is 66.2 Å². The number of ether oxygens (including phenoxy) is 1. The molecule has 0 saturated heterocycles. The first-order valence-electron chi connectivity index (χ1n) is 9.04. The van der Waals surface area contributed by atoms with Gasteiger partial charge in [-0.25, -0.2) is 4.39 Å². The third-order valence-electron chi connectivity index (χ3n) is 4.57. The van der Waals surface area contributed by atoms with E-state index in [1.165, 1.54) is 36.4 Å². The maximum absolute atomic E-state index is 14.1. The van der Waals surface area contributed by atoms with Crippen LogP contribution in [0, 0.1) is 5.82 Å². The second-order valence-electron chi connectivity index (χ2n) is 6.75. The molecule has 0 aliphatic rings. The molecule has 0 amide bonds. The second kappa shape index (κ2) is 9.42. The predicted octanol–water partition coefficient (Wildman–Crippen LogP) is 6.93. The van der Waals surface area contributed by atoms with E-state index in [4.69, 9.17) is 16.3 Å². The highest BCUT2D eigenvalue weighted by Gasteiger charge is 2.40. The van der Waals surface area contributed by atoms with Crippen LogP contribution in [0.15, 0.2) is 72.8 Å². The minimum absolute atomic E-state index is 0.0394. The topological polar surface area (TPSA) is 9.23 Å². The number of hydrogen-bond donors (Lipinski definition) is 0. The summed E-state index contributed by atoms with van der Waals surface area (Å²) in [6.07, 6.45) is -4.05. The SMILES string of the molecule is Fc1ccc(COCC(c2ccc(Cl)cc2)C(F)(F)F)cc1Cc1ccccc1. The van der Waals surface area contributed by atoms with Crippen LogP contribution < -0.4 is 0 Å². The van der Waals surface area contributed by atoms with Gasteiger partial charge in [0.2, 0.25) is 0 Å². The Bertz CT molecular complexity index is 924. The Morgan fingerprint density at radius 1 is 0.862 bits per heavy atom. The predicted molar refractivity (Wildman–Crippen MR) is 106 cm³/mol. The summed E-state index contributed by atoms with van der Waals surface area (Å²) in [5, 5.41) is 0.368. The van der Waals surface area contributed by atoms with Gasteiger partial charge in [-0.05, 0) is 40.5 Å². The summed E-state index contributed by atoms with van der Waals surface area (Å²) in [6.45, 7) is -0.571. The van der Waals surface area contributed by atoms with Crippen molar-refractivity contribution in [3.63, 3.8) is 0 Å². The summed E-state index contributed by atoms with van der Waals surface area (Å²) >= 11 is 5.76. The van der Waals surface area contributed by atoms with Gasteiger partial charge in [0, 0.05) is 11.4 Å². The summed E-state index contributed by atoms with van der Waals surface area (Å²) in [4.78, 5) is 0. The van der Waals surface area contributed by atoms with Crippen LogP contribution in [0.25, 0.3) is 0 Å². The van der Waals surface area contributed by atoms with Crippen LogP contribution in [0.1, 0.15) is 28.2 Å². The molecule has 0 aliphatic heterocycles. The van der Waals surface area contributed by atoms with Crippen LogP contribution in [0.3, 0.4) is 0 Å². The highest BCUT2D eigenvalue weighted by molar-refractivity contribution is 6.30. The number of hydrogen-bond acceptors (Lipinski definition) is 1. The van der Waals surface area contributed by atoms with Gasteiger partial charge >= 0.3 is 6.18 Å². The van der Waals surface area contributed by atoms with E-state index in [2.05, 4.69) is 0 Å². The Morgan fingerprint density at radius 3 is 2.21 bits per heavy atom. The Balaban J connectivity index is 1.67. The third-order valence-corrected chi connectivity index (χ3v) is 4.82. The molecule has 0 saturated carbocycles. The van der Waals surface area contributed by atoms with Crippen molar-refractivity contribution in [2.45, 2.75) is 25.1 Å².